The predicted molar refractivity (Wildman–Crippen MR) is 41.7 cm³/mol. The van der Waals surface area contributed by atoms with E-state index in [2.05, 4.69) is 0 Å². The summed E-state index contributed by atoms with van der Waals surface area (Å²) in [6.45, 7) is 1.97. The molecule has 68 valence electrons. The van der Waals surface area contributed by atoms with Crippen LogP contribution in [0.1, 0.15) is 32.6 Å². The zero-order valence-electron chi connectivity index (χ0n) is 6.52. The molecular formula is C6H14O4S. The number of hydrogen-bond acceptors (Lipinski definition) is 3. The maximum atomic E-state index is 10.2. The molecule has 0 aromatic heterocycles. The fourth-order valence-electron chi connectivity index (χ4n) is 0.718. The normalized spacial score (nSPS) is 14.8. The molecule has 0 saturated carbocycles. The first-order chi connectivity index (χ1) is 4.98. The van der Waals surface area contributed by atoms with Gasteiger partial charge in [0.2, 0.25) is 0 Å². The number of hydrogen-bond donors (Lipinski definition) is 2. The lowest BCUT2D eigenvalue weighted by atomic mass is 10.2. The SMILES string of the molecule is CCCCCC(O)S(=O)(=O)O. The predicted octanol–water partition coefficient (Wildman–Crippen LogP) is 0.773. The van der Waals surface area contributed by atoms with E-state index >= 15 is 0 Å². The van der Waals surface area contributed by atoms with E-state index in [4.69, 9.17) is 9.66 Å². The minimum absolute atomic E-state index is 0.118. The van der Waals surface area contributed by atoms with Crippen LogP contribution in [-0.4, -0.2) is 23.5 Å². The smallest absolute Gasteiger partial charge is 0.291 e. The van der Waals surface area contributed by atoms with Gasteiger partial charge in [-0.25, -0.2) is 0 Å². The summed E-state index contributed by atoms with van der Waals surface area (Å²) >= 11 is 0. The van der Waals surface area contributed by atoms with E-state index in [0.29, 0.717) is 6.42 Å². The van der Waals surface area contributed by atoms with Gasteiger partial charge in [-0.2, -0.15) is 8.42 Å². The lowest BCUT2D eigenvalue weighted by molar-refractivity contribution is 0.219. The van der Waals surface area contributed by atoms with Crippen molar-refractivity contribution in [1.82, 2.24) is 0 Å². The highest BCUT2D eigenvalue weighted by molar-refractivity contribution is 7.86. The number of aliphatic hydroxyl groups is 1. The van der Waals surface area contributed by atoms with Crippen molar-refractivity contribution in [1.29, 1.82) is 0 Å². The van der Waals surface area contributed by atoms with Crippen LogP contribution in [-0.2, 0) is 10.1 Å². The Labute approximate surface area is 67.0 Å². The van der Waals surface area contributed by atoms with Crippen molar-refractivity contribution in [3.05, 3.63) is 0 Å². The van der Waals surface area contributed by atoms with Crippen LogP contribution < -0.4 is 0 Å². The Balaban J connectivity index is 3.62. The van der Waals surface area contributed by atoms with Crippen molar-refractivity contribution in [2.75, 3.05) is 0 Å². The highest BCUT2D eigenvalue weighted by Gasteiger charge is 2.17. The van der Waals surface area contributed by atoms with Gasteiger partial charge in [0.15, 0.2) is 5.44 Å². The number of aliphatic hydroxyl groups excluding tert-OH is 1. The molecule has 0 amide bonds. The Kier molecular flexibility index (Phi) is 4.63. The molecule has 0 bridgehead atoms. The summed E-state index contributed by atoms with van der Waals surface area (Å²) in [6.07, 6.45) is 2.56. The summed E-state index contributed by atoms with van der Waals surface area (Å²) in [7, 11) is -4.23. The molecule has 0 fully saturated rings. The fourth-order valence-corrected chi connectivity index (χ4v) is 1.18. The summed E-state index contributed by atoms with van der Waals surface area (Å²) in [5.41, 5.74) is -1.60. The summed E-state index contributed by atoms with van der Waals surface area (Å²) in [5, 5.41) is 8.77. The van der Waals surface area contributed by atoms with Gasteiger partial charge in [-0.05, 0) is 12.8 Å². The van der Waals surface area contributed by atoms with Gasteiger partial charge in [-0.15, -0.1) is 0 Å². The Bertz CT molecular complexity index is 185. The van der Waals surface area contributed by atoms with Crippen molar-refractivity contribution < 1.29 is 18.1 Å². The molecule has 0 spiro atoms. The molecule has 0 aromatic carbocycles. The van der Waals surface area contributed by atoms with Crippen LogP contribution in [0.25, 0.3) is 0 Å². The number of rotatable bonds is 5. The van der Waals surface area contributed by atoms with Crippen molar-refractivity contribution in [3.63, 3.8) is 0 Å². The molecule has 11 heavy (non-hydrogen) atoms. The second-order valence-corrected chi connectivity index (χ2v) is 4.04. The second kappa shape index (κ2) is 4.69. The lowest BCUT2D eigenvalue weighted by Crippen LogP contribution is -2.19. The van der Waals surface area contributed by atoms with E-state index in [9.17, 15) is 8.42 Å². The highest BCUT2D eigenvalue weighted by atomic mass is 32.2. The van der Waals surface area contributed by atoms with E-state index in [0.717, 1.165) is 12.8 Å². The monoisotopic (exact) mass is 182 g/mol. The standard InChI is InChI=1S/C6H14O4S/c1-2-3-4-5-6(7)11(8,9)10/h6-7H,2-5H2,1H3,(H,8,9,10). The van der Waals surface area contributed by atoms with Crippen molar-refractivity contribution >= 4 is 10.1 Å². The highest BCUT2D eigenvalue weighted by Crippen LogP contribution is 2.06. The van der Waals surface area contributed by atoms with E-state index in [1.165, 1.54) is 0 Å². The Morgan fingerprint density at radius 3 is 2.27 bits per heavy atom. The molecule has 0 radical (unpaired) electrons. The summed E-state index contributed by atoms with van der Waals surface area (Å²) in [5.74, 6) is 0. The molecule has 0 heterocycles. The van der Waals surface area contributed by atoms with Gasteiger partial charge in [0.1, 0.15) is 0 Å². The van der Waals surface area contributed by atoms with Gasteiger partial charge < -0.3 is 5.11 Å². The van der Waals surface area contributed by atoms with Crippen LogP contribution in [0.5, 0.6) is 0 Å². The first-order valence-corrected chi connectivity index (χ1v) is 5.13. The van der Waals surface area contributed by atoms with Crippen LogP contribution in [0, 0.1) is 0 Å². The van der Waals surface area contributed by atoms with Gasteiger partial charge >= 0.3 is 0 Å². The van der Waals surface area contributed by atoms with Crippen LogP contribution in [0.15, 0.2) is 0 Å². The molecule has 0 aromatic rings. The molecule has 0 rings (SSSR count). The molecule has 1 atom stereocenters. The third kappa shape index (κ3) is 5.17. The molecule has 0 aliphatic rings. The molecule has 0 saturated heterocycles. The second-order valence-electron chi connectivity index (χ2n) is 2.47. The first kappa shape index (κ1) is 10.9. The average molecular weight is 182 g/mol. The lowest BCUT2D eigenvalue weighted by Gasteiger charge is -2.04. The van der Waals surface area contributed by atoms with E-state index in [1.807, 2.05) is 6.92 Å². The van der Waals surface area contributed by atoms with Gasteiger partial charge in [-0.3, -0.25) is 4.55 Å². The Morgan fingerprint density at radius 1 is 1.36 bits per heavy atom. The largest absolute Gasteiger partial charge is 0.375 e. The minimum atomic E-state index is -4.23. The van der Waals surface area contributed by atoms with Crippen molar-refractivity contribution in [2.45, 2.75) is 38.0 Å². The van der Waals surface area contributed by atoms with Gasteiger partial charge in [-0.1, -0.05) is 19.8 Å². The molecule has 0 aliphatic carbocycles. The summed E-state index contributed by atoms with van der Waals surface area (Å²) in [4.78, 5) is 0. The molecular weight excluding hydrogens is 168 g/mol. The van der Waals surface area contributed by atoms with Gasteiger partial charge in [0, 0.05) is 0 Å². The average Bonchev–Trinajstić information content (AvgIpc) is 1.86. The maximum absolute atomic E-state index is 10.2. The maximum Gasteiger partial charge on any atom is 0.291 e. The summed E-state index contributed by atoms with van der Waals surface area (Å²) < 4.78 is 28.8. The zero-order chi connectivity index (χ0) is 8.91. The third-order valence-electron chi connectivity index (χ3n) is 1.40. The van der Waals surface area contributed by atoms with Crippen molar-refractivity contribution in [3.8, 4) is 0 Å². The van der Waals surface area contributed by atoms with Crippen LogP contribution in [0.4, 0.5) is 0 Å². The quantitative estimate of drug-likeness (QED) is 0.486. The molecule has 1 unspecified atom stereocenters. The molecule has 4 nitrogen and oxygen atoms in total. The first-order valence-electron chi connectivity index (χ1n) is 3.63. The summed E-state index contributed by atoms with van der Waals surface area (Å²) in [6, 6.07) is 0. The topological polar surface area (TPSA) is 74.6 Å². The Hall–Kier alpha value is -0.130. The minimum Gasteiger partial charge on any atom is -0.375 e. The molecule has 0 aliphatic heterocycles. The van der Waals surface area contributed by atoms with E-state index < -0.39 is 15.6 Å². The van der Waals surface area contributed by atoms with Gasteiger partial charge in [0.05, 0.1) is 0 Å². The van der Waals surface area contributed by atoms with Crippen LogP contribution in [0.2, 0.25) is 0 Å². The van der Waals surface area contributed by atoms with Crippen molar-refractivity contribution in [2.24, 2.45) is 0 Å². The zero-order valence-corrected chi connectivity index (χ0v) is 7.34. The molecule has 5 heteroatoms. The van der Waals surface area contributed by atoms with E-state index in [-0.39, 0.29) is 6.42 Å². The van der Waals surface area contributed by atoms with Crippen LogP contribution >= 0.6 is 0 Å². The third-order valence-corrected chi connectivity index (χ3v) is 2.32. The Morgan fingerprint density at radius 2 is 1.91 bits per heavy atom. The van der Waals surface area contributed by atoms with E-state index in [1.54, 1.807) is 0 Å². The molecule has 2 N–H and O–H groups in total. The van der Waals surface area contributed by atoms with Crippen LogP contribution in [0.3, 0.4) is 0 Å². The fraction of sp³-hybridized carbons (Fsp3) is 1.00. The number of unbranched alkanes of at least 4 members (excludes halogenated alkanes) is 2. The van der Waals surface area contributed by atoms with Gasteiger partial charge in [0.25, 0.3) is 10.1 Å².